The summed E-state index contributed by atoms with van der Waals surface area (Å²) in [7, 11) is 0. The van der Waals surface area contributed by atoms with Gasteiger partial charge in [-0.3, -0.25) is 0 Å². The van der Waals surface area contributed by atoms with Gasteiger partial charge in [-0.15, -0.1) is 11.3 Å². The summed E-state index contributed by atoms with van der Waals surface area (Å²) in [6.45, 7) is 4.00. The second-order valence-electron chi connectivity index (χ2n) is 4.52. The average Bonchev–Trinajstić information content (AvgIpc) is 3.04. The van der Waals surface area contributed by atoms with Gasteiger partial charge in [0.1, 0.15) is 0 Å². The summed E-state index contributed by atoms with van der Waals surface area (Å²) in [4.78, 5) is 4.35. The molecule has 0 bridgehead atoms. The highest BCUT2D eigenvalue weighted by molar-refractivity contribution is 7.71. The number of aromatic amines is 1. The molecule has 0 aliphatic rings. The van der Waals surface area contributed by atoms with Crippen LogP contribution in [0.2, 0.25) is 0 Å². The molecule has 1 aromatic carbocycles. The number of rotatable bonds is 3. The third-order valence-electron chi connectivity index (χ3n) is 2.98. The highest BCUT2D eigenvalue weighted by Crippen LogP contribution is 2.21. The minimum absolute atomic E-state index is 0.455. The van der Waals surface area contributed by atoms with E-state index in [4.69, 9.17) is 12.2 Å². The third-order valence-corrected chi connectivity index (χ3v) is 4.03. The highest BCUT2D eigenvalue weighted by atomic mass is 32.1. The summed E-state index contributed by atoms with van der Waals surface area (Å²) in [5.74, 6) is 0.696. The van der Waals surface area contributed by atoms with E-state index >= 15 is 0 Å². The fourth-order valence-electron chi connectivity index (χ4n) is 1.95. The van der Waals surface area contributed by atoms with Crippen LogP contribution in [0.3, 0.4) is 0 Å². The van der Waals surface area contributed by atoms with Crippen molar-refractivity contribution in [2.24, 2.45) is 5.10 Å². The number of nitrogens with one attached hydrogen (secondary N) is 1. The molecular weight excluding hydrogens is 302 g/mol. The Labute approximate surface area is 131 Å². The molecule has 0 atom stereocenters. The van der Waals surface area contributed by atoms with Crippen molar-refractivity contribution in [1.82, 2.24) is 19.9 Å². The van der Waals surface area contributed by atoms with Crippen LogP contribution in [0.1, 0.15) is 16.3 Å². The number of H-pyrrole nitrogens is 1. The molecule has 1 N–H and O–H groups in total. The maximum atomic E-state index is 5.25. The van der Waals surface area contributed by atoms with E-state index in [9.17, 15) is 0 Å². The summed E-state index contributed by atoms with van der Waals surface area (Å²) in [5, 5.41) is 14.4. The molecule has 0 amide bonds. The molecule has 5 nitrogen and oxygen atoms in total. The largest absolute Gasteiger partial charge is 0.250 e. The lowest BCUT2D eigenvalue weighted by Crippen LogP contribution is -1.96. The van der Waals surface area contributed by atoms with Crippen LogP contribution in [0.5, 0.6) is 0 Å². The predicted molar refractivity (Wildman–Crippen MR) is 87.4 cm³/mol. The molecule has 0 radical (unpaired) electrons. The first-order valence-corrected chi connectivity index (χ1v) is 7.64. The van der Waals surface area contributed by atoms with Crippen LogP contribution in [0, 0.1) is 18.6 Å². The van der Waals surface area contributed by atoms with Gasteiger partial charge in [0.15, 0.2) is 5.82 Å². The summed E-state index contributed by atoms with van der Waals surface area (Å²) in [5.41, 5.74) is 2.93. The van der Waals surface area contributed by atoms with Gasteiger partial charge in [-0.1, -0.05) is 24.3 Å². The maximum absolute atomic E-state index is 5.25. The Morgan fingerprint density at radius 1 is 1.33 bits per heavy atom. The minimum Gasteiger partial charge on any atom is -0.250 e. The lowest BCUT2D eigenvalue weighted by molar-refractivity contribution is 0.870. The minimum atomic E-state index is 0.455. The standard InChI is InChI=1S/C14H13N5S2/c1-9-5-3-4-6-12(9)13-17-18-14(20)19(13)15-7-11-8-21-10(2)16-11/h3-8H,1-2H3,(H,18,20)/b15-7+. The van der Waals surface area contributed by atoms with E-state index in [1.54, 1.807) is 22.2 Å². The Bertz CT molecular complexity index is 856. The van der Waals surface area contributed by atoms with Crippen LogP contribution >= 0.6 is 23.6 Å². The van der Waals surface area contributed by atoms with Gasteiger partial charge in [0, 0.05) is 10.9 Å². The SMILES string of the molecule is Cc1nc(/C=N/n2c(-c3ccccc3C)n[nH]c2=S)cs1. The quantitative estimate of drug-likeness (QED) is 0.594. The number of aromatic nitrogens is 4. The number of hydrogen-bond donors (Lipinski definition) is 1. The van der Waals surface area contributed by atoms with E-state index in [1.807, 2.05) is 43.5 Å². The van der Waals surface area contributed by atoms with Crippen LogP contribution < -0.4 is 0 Å². The van der Waals surface area contributed by atoms with Gasteiger partial charge in [-0.2, -0.15) is 14.9 Å². The van der Waals surface area contributed by atoms with Gasteiger partial charge in [0.25, 0.3) is 0 Å². The van der Waals surface area contributed by atoms with Crippen molar-refractivity contribution in [1.29, 1.82) is 0 Å². The summed E-state index contributed by atoms with van der Waals surface area (Å²) in [6, 6.07) is 7.99. The predicted octanol–water partition coefficient (Wildman–Crippen LogP) is 3.56. The molecule has 7 heteroatoms. The average molecular weight is 315 g/mol. The molecule has 0 fully saturated rings. The molecule has 106 valence electrons. The van der Waals surface area contributed by atoms with Crippen molar-refractivity contribution in [2.45, 2.75) is 13.8 Å². The normalized spacial score (nSPS) is 11.3. The molecule has 0 unspecified atom stereocenters. The number of aryl methyl sites for hydroxylation is 2. The van der Waals surface area contributed by atoms with E-state index < -0.39 is 0 Å². The molecule has 21 heavy (non-hydrogen) atoms. The zero-order valence-corrected chi connectivity index (χ0v) is 13.2. The molecule has 0 spiro atoms. The zero-order chi connectivity index (χ0) is 14.8. The van der Waals surface area contributed by atoms with Crippen molar-refractivity contribution in [3.05, 3.63) is 50.7 Å². The first-order valence-electron chi connectivity index (χ1n) is 6.35. The van der Waals surface area contributed by atoms with Gasteiger partial charge in [0.2, 0.25) is 4.77 Å². The Balaban J connectivity index is 2.04. The highest BCUT2D eigenvalue weighted by Gasteiger charge is 2.10. The first kappa shape index (κ1) is 13.8. The van der Waals surface area contributed by atoms with Crippen LogP contribution in [0.25, 0.3) is 11.4 Å². The molecular formula is C14H13N5S2. The second kappa shape index (κ2) is 5.71. The number of nitrogens with zero attached hydrogens (tertiary/aromatic N) is 4. The molecule has 0 aliphatic carbocycles. The van der Waals surface area contributed by atoms with Crippen LogP contribution in [0.15, 0.2) is 34.7 Å². The summed E-state index contributed by atoms with van der Waals surface area (Å²) >= 11 is 6.84. The van der Waals surface area contributed by atoms with Gasteiger partial charge in [0.05, 0.1) is 16.9 Å². The molecule has 3 aromatic rings. The van der Waals surface area contributed by atoms with E-state index in [-0.39, 0.29) is 0 Å². The molecule has 0 aliphatic heterocycles. The fourth-order valence-corrected chi connectivity index (χ4v) is 2.70. The fraction of sp³-hybridized carbons (Fsp3) is 0.143. The van der Waals surface area contributed by atoms with Gasteiger partial charge >= 0.3 is 0 Å². The van der Waals surface area contributed by atoms with Gasteiger partial charge < -0.3 is 0 Å². The van der Waals surface area contributed by atoms with Crippen molar-refractivity contribution in [3.63, 3.8) is 0 Å². The van der Waals surface area contributed by atoms with E-state index in [0.29, 0.717) is 10.6 Å². The number of thiazole rings is 1. The smallest absolute Gasteiger partial charge is 0.216 e. The molecule has 3 rings (SSSR count). The first-order chi connectivity index (χ1) is 10.1. The molecule has 2 heterocycles. The van der Waals surface area contributed by atoms with Gasteiger partial charge in [-0.25, -0.2) is 10.1 Å². The topological polar surface area (TPSA) is 58.9 Å². The van der Waals surface area contributed by atoms with Crippen molar-refractivity contribution < 1.29 is 0 Å². The van der Waals surface area contributed by atoms with E-state index in [1.165, 1.54) is 0 Å². The Morgan fingerprint density at radius 3 is 2.86 bits per heavy atom. The Kier molecular flexibility index (Phi) is 3.76. The third kappa shape index (κ3) is 2.84. The molecule has 0 saturated carbocycles. The number of benzene rings is 1. The summed E-state index contributed by atoms with van der Waals surface area (Å²) in [6.07, 6.45) is 1.69. The maximum Gasteiger partial charge on any atom is 0.216 e. The van der Waals surface area contributed by atoms with E-state index in [2.05, 4.69) is 20.3 Å². The van der Waals surface area contributed by atoms with Crippen LogP contribution in [-0.2, 0) is 0 Å². The van der Waals surface area contributed by atoms with Crippen molar-refractivity contribution >= 4 is 29.8 Å². The Hall–Kier alpha value is -2.12. The molecule has 2 aromatic heterocycles. The monoisotopic (exact) mass is 315 g/mol. The molecule has 0 saturated heterocycles. The zero-order valence-electron chi connectivity index (χ0n) is 11.6. The lowest BCUT2D eigenvalue weighted by Gasteiger charge is -2.03. The Morgan fingerprint density at radius 2 is 2.14 bits per heavy atom. The van der Waals surface area contributed by atoms with Crippen LogP contribution in [-0.4, -0.2) is 26.1 Å². The lowest BCUT2D eigenvalue weighted by atomic mass is 10.1. The second-order valence-corrected chi connectivity index (χ2v) is 5.96. The van der Waals surface area contributed by atoms with Crippen molar-refractivity contribution in [2.75, 3.05) is 0 Å². The van der Waals surface area contributed by atoms with Gasteiger partial charge in [-0.05, 0) is 31.6 Å². The van der Waals surface area contributed by atoms with Crippen LogP contribution in [0.4, 0.5) is 0 Å². The number of hydrogen-bond acceptors (Lipinski definition) is 5. The summed E-state index contributed by atoms with van der Waals surface area (Å²) < 4.78 is 2.07. The van der Waals surface area contributed by atoms with E-state index in [0.717, 1.165) is 21.8 Å². The van der Waals surface area contributed by atoms with Crippen molar-refractivity contribution in [3.8, 4) is 11.4 Å².